The SMILES string of the molecule is CSc1nc2ncn(CCn3cnc(Br)n3)c(=O)c2s1. The molecule has 0 aliphatic heterocycles. The topological polar surface area (TPSA) is 78.5 Å². The van der Waals surface area contributed by atoms with Crippen molar-refractivity contribution in [3.63, 3.8) is 0 Å². The van der Waals surface area contributed by atoms with Gasteiger partial charge < -0.3 is 0 Å². The van der Waals surface area contributed by atoms with Crippen LogP contribution in [0, 0.1) is 0 Å². The van der Waals surface area contributed by atoms with Gasteiger partial charge in [0, 0.05) is 6.54 Å². The van der Waals surface area contributed by atoms with Crippen molar-refractivity contribution in [2.75, 3.05) is 6.26 Å². The van der Waals surface area contributed by atoms with Gasteiger partial charge in [-0.3, -0.25) is 9.36 Å². The number of nitrogens with zero attached hydrogens (tertiary/aromatic N) is 6. The van der Waals surface area contributed by atoms with Crippen LogP contribution in [-0.2, 0) is 13.1 Å². The number of aromatic nitrogens is 6. The zero-order chi connectivity index (χ0) is 14.1. The van der Waals surface area contributed by atoms with E-state index in [1.54, 1.807) is 15.6 Å². The normalized spacial score (nSPS) is 11.3. The highest BCUT2D eigenvalue weighted by Gasteiger charge is 2.10. The van der Waals surface area contributed by atoms with E-state index in [4.69, 9.17) is 0 Å². The summed E-state index contributed by atoms with van der Waals surface area (Å²) in [6, 6.07) is 0. The summed E-state index contributed by atoms with van der Waals surface area (Å²) in [7, 11) is 0. The van der Waals surface area contributed by atoms with Gasteiger partial charge in [0.05, 0.1) is 6.54 Å². The molecule has 0 aliphatic rings. The molecule has 0 amide bonds. The number of hydrogen-bond acceptors (Lipinski definition) is 7. The van der Waals surface area contributed by atoms with Crippen molar-refractivity contribution in [2.45, 2.75) is 17.4 Å². The quantitative estimate of drug-likeness (QED) is 0.647. The Morgan fingerprint density at radius 2 is 2.20 bits per heavy atom. The van der Waals surface area contributed by atoms with E-state index < -0.39 is 0 Å². The molecule has 0 spiro atoms. The molecule has 3 heterocycles. The second kappa shape index (κ2) is 5.62. The summed E-state index contributed by atoms with van der Waals surface area (Å²) in [6.07, 6.45) is 5.07. The molecule has 0 aliphatic carbocycles. The fourth-order valence-corrected chi connectivity index (χ4v) is 3.42. The van der Waals surface area contributed by atoms with Gasteiger partial charge in [-0.1, -0.05) is 11.8 Å². The van der Waals surface area contributed by atoms with Gasteiger partial charge in [0.2, 0.25) is 4.73 Å². The Morgan fingerprint density at radius 3 is 2.90 bits per heavy atom. The molecular weight excluding hydrogens is 364 g/mol. The molecule has 0 fully saturated rings. The third kappa shape index (κ3) is 2.63. The maximum atomic E-state index is 12.3. The standard InChI is InChI=1S/C10H9BrN6OS2/c1-19-10-14-7-6(20-10)8(18)16(4-12-7)2-3-17-5-13-9(11)15-17/h4-5H,2-3H2,1H3. The van der Waals surface area contributed by atoms with Gasteiger partial charge in [0.25, 0.3) is 5.56 Å². The van der Waals surface area contributed by atoms with Crippen LogP contribution in [0.25, 0.3) is 10.3 Å². The molecule has 0 bridgehead atoms. The lowest BCUT2D eigenvalue weighted by molar-refractivity contribution is 0.519. The summed E-state index contributed by atoms with van der Waals surface area (Å²) >= 11 is 6.07. The zero-order valence-corrected chi connectivity index (χ0v) is 13.6. The van der Waals surface area contributed by atoms with E-state index >= 15 is 0 Å². The Kier molecular flexibility index (Phi) is 3.85. The summed E-state index contributed by atoms with van der Waals surface area (Å²) in [5.74, 6) is 0. The van der Waals surface area contributed by atoms with Crippen molar-refractivity contribution in [3.8, 4) is 0 Å². The summed E-state index contributed by atoms with van der Waals surface area (Å²) in [5, 5.41) is 4.11. The Labute approximate surface area is 130 Å². The molecule has 0 saturated carbocycles. The van der Waals surface area contributed by atoms with Crippen LogP contribution in [0.1, 0.15) is 0 Å². The van der Waals surface area contributed by atoms with Crippen LogP contribution in [0.5, 0.6) is 0 Å². The molecule has 7 nitrogen and oxygen atoms in total. The highest BCUT2D eigenvalue weighted by molar-refractivity contribution is 9.10. The van der Waals surface area contributed by atoms with Gasteiger partial charge in [0.1, 0.15) is 17.4 Å². The molecular formula is C10H9BrN6OS2. The Bertz CT molecular complexity index is 810. The molecule has 3 aromatic rings. The van der Waals surface area contributed by atoms with Crippen molar-refractivity contribution in [1.82, 2.24) is 29.3 Å². The Balaban J connectivity index is 1.88. The van der Waals surface area contributed by atoms with Crippen molar-refractivity contribution in [3.05, 3.63) is 27.7 Å². The monoisotopic (exact) mass is 372 g/mol. The second-order valence-electron chi connectivity index (χ2n) is 3.86. The lowest BCUT2D eigenvalue weighted by atomic mass is 10.5. The van der Waals surface area contributed by atoms with Crippen LogP contribution in [-0.4, -0.2) is 35.6 Å². The maximum absolute atomic E-state index is 12.3. The third-order valence-corrected chi connectivity index (χ3v) is 5.00. The van der Waals surface area contributed by atoms with Crippen LogP contribution < -0.4 is 5.56 Å². The summed E-state index contributed by atoms with van der Waals surface area (Å²) in [4.78, 5) is 24.8. The van der Waals surface area contributed by atoms with E-state index in [1.165, 1.54) is 29.4 Å². The minimum Gasteiger partial charge on any atom is -0.296 e. The van der Waals surface area contributed by atoms with E-state index in [-0.39, 0.29) is 5.56 Å². The second-order valence-corrected chi connectivity index (χ2v) is 6.62. The first kappa shape index (κ1) is 13.7. The van der Waals surface area contributed by atoms with Crippen LogP contribution in [0.2, 0.25) is 0 Å². The zero-order valence-electron chi connectivity index (χ0n) is 10.4. The van der Waals surface area contributed by atoms with Crippen LogP contribution in [0.3, 0.4) is 0 Å². The molecule has 0 aromatic carbocycles. The Hall–Kier alpha value is -1.26. The highest BCUT2D eigenvalue weighted by Crippen LogP contribution is 2.24. The molecule has 3 rings (SSSR count). The first-order valence-corrected chi connectivity index (χ1v) is 8.45. The minimum atomic E-state index is -0.0630. The minimum absolute atomic E-state index is 0.0630. The third-order valence-electron chi connectivity index (χ3n) is 2.62. The lowest BCUT2D eigenvalue weighted by Gasteiger charge is -2.04. The predicted molar refractivity (Wildman–Crippen MR) is 81.2 cm³/mol. The van der Waals surface area contributed by atoms with E-state index in [1.807, 2.05) is 6.26 Å². The van der Waals surface area contributed by atoms with E-state index in [0.717, 1.165) is 4.34 Å². The van der Waals surface area contributed by atoms with Gasteiger partial charge in [-0.15, -0.1) is 16.4 Å². The summed E-state index contributed by atoms with van der Waals surface area (Å²) in [5.41, 5.74) is 0.455. The molecule has 0 N–H and O–H groups in total. The van der Waals surface area contributed by atoms with Gasteiger partial charge in [-0.05, 0) is 22.2 Å². The fraction of sp³-hybridized carbons (Fsp3) is 0.300. The van der Waals surface area contributed by atoms with Crippen molar-refractivity contribution < 1.29 is 0 Å². The number of rotatable bonds is 4. The van der Waals surface area contributed by atoms with Gasteiger partial charge in [-0.25, -0.2) is 19.6 Å². The predicted octanol–water partition coefficient (Wildman–Crippen LogP) is 1.63. The Morgan fingerprint density at radius 1 is 1.35 bits per heavy atom. The number of thioether (sulfide) groups is 1. The van der Waals surface area contributed by atoms with Gasteiger partial charge >= 0.3 is 0 Å². The molecule has 10 heteroatoms. The molecule has 104 valence electrons. The average molecular weight is 373 g/mol. The van der Waals surface area contributed by atoms with Crippen molar-refractivity contribution in [1.29, 1.82) is 0 Å². The van der Waals surface area contributed by atoms with Crippen molar-refractivity contribution in [2.24, 2.45) is 0 Å². The van der Waals surface area contributed by atoms with Crippen LogP contribution >= 0.6 is 39.0 Å². The van der Waals surface area contributed by atoms with E-state index in [9.17, 15) is 4.79 Å². The van der Waals surface area contributed by atoms with Gasteiger partial charge in [0.15, 0.2) is 9.99 Å². The number of fused-ring (bicyclic) bond motifs is 1. The first-order chi connectivity index (χ1) is 9.67. The first-order valence-electron chi connectivity index (χ1n) is 5.62. The summed E-state index contributed by atoms with van der Waals surface area (Å²) < 4.78 is 5.21. The largest absolute Gasteiger partial charge is 0.296 e. The number of aryl methyl sites for hydroxylation is 2. The van der Waals surface area contributed by atoms with E-state index in [0.29, 0.717) is 28.2 Å². The fourth-order valence-electron chi connectivity index (χ4n) is 1.66. The lowest BCUT2D eigenvalue weighted by Crippen LogP contribution is -2.22. The molecule has 3 aromatic heterocycles. The molecule has 0 unspecified atom stereocenters. The van der Waals surface area contributed by atoms with Crippen molar-refractivity contribution >= 4 is 49.4 Å². The number of thiazole rings is 1. The van der Waals surface area contributed by atoms with Crippen LogP contribution in [0.15, 0.2) is 26.5 Å². The van der Waals surface area contributed by atoms with Gasteiger partial charge in [-0.2, -0.15) is 0 Å². The summed E-state index contributed by atoms with van der Waals surface area (Å²) in [6.45, 7) is 1.05. The van der Waals surface area contributed by atoms with E-state index in [2.05, 4.69) is 36.0 Å². The molecule has 0 atom stereocenters. The van der Waals surface area contributed by atoms with Crippen LogP contribution in [0.4, 0.5) is 0 Å². The molecule has 0 saturated heterocycles. The average Bonchev–Trinajstić information content (AvgIpc) is 3.04. The number of hydrogen-bond donors (Lipinski definition) is 0. The smallest absolute Gasteiger partial charge is 0.273 e. The highest BCUT2D eigenvalue weighted by atomic mass is 79.9. The molecule has 0 radical (unpaired) electrons. The molecule has 20 heavy (non-hydrogen) atoms. The maximum Gasteiger partial charge on any atom is 0.273 e. The number of halogens is 1.